The highest BCUT2D eigenvalue weighted by Gasteiger charge is 2.36. The molecule has 1 saturated heterocycles. The van der Waals surface area contributed by atoms with E-state index in [1.54, 1.807) is 45.0 Å². The molecule has 3 aromatic rings. The van der Waals surface area contributed by atoms with E-state index < -0.39 is 29.3 Å². The molecule has 1 amide bonds. The number of ether oxygens (including phenoxy) is 1. The highest BCUT2D eigenvalue weighted by molar-refractivity contribution is 6.02. The lowest BCUT2D eigenvalue weighted by molar-refractivity contribution is 0.0124. The first-order chi connectivity index (χ1) is 16.1. The lowest BCUT2D eigenvalue weighted by atomic mass is 9.97. The number of H-pyrrole nitrogens is 1. The molecule has 0 bridgehead atoms. The maximum absolute atomic E-state index is 14.8. The van der Waals surface area contributed by atoms with Gasteiger partial charge in [0.2, 0.25) is 0 Å². The first kappa shape index (κ1) is 23.6. The van der Waals surface area contributed by atoms with E-state index in [4.69, 9.17) is 4.74 Å². The molecular weight excluding hydrogens is 439 g/mol. The first-order valence-corrected chi connectivity index (χ1v) is 11.1. The van der Waals surface area contributed by atoms with Gasteiger partial charge in [0.05, 0.1) is 16.6 Å². The van der Waals surface area contributed by atoms with Gasteiger partial charge >= 0.3 is 6.09 Å². The summed E-state index contributed by atoms with van der Waals surface area (Å²) in [6, 6.07) is 10.5. The fourth-order valence-corrected chi connectivity index (χ4v) is 4.03. The highest BCUT2D eigenvalue weighted by atomic mass is 19.1. The number of hydrogen-bond acceptors (Lipinski definition) is 6. The summed E-state index contributed by atoms with van der Waals surface area (Å²) in [5.74, 6) is -1.17. The number of nitrogens with one attached hydrogen (secondary N) is 2. The lowest BCUT2D eigenvalue weighted by Crippen LogP contribution is -2.57. The average Bonchev–Trinajstić information content (AvgIpc) is 2.80. The molecule has 1 atom stereocenters. The predicted molar refractivity (Wildman–Crippen MR) is 125 cm³/mol. The van der Waals surface area contributed by atoms with Crippen molar-refractivity contribution in [2.24, 2.45) is 0 Å². The van der Waals surface area contributed by atoms with Gasteiger partial charge in [-0.1, -0.05) is 24.3 Å². The molecule has 8 nitrogen and oxygen atoms in total. The van der Waals surface area contributed by atoms with Gasteiger partial charge in [0.25, 0.3) is 5.56 Å². The van der Waals surface area contributed by atoms with Crippen molar-refractivity contribution in [1.82, 2.24) is 20.4 Å². The summed E-state index contributed by atoms with van der Waals surface area (Å²) in [5, 5.41) is 10.9. The summed E-state index contributed by atoms with van der Waals surface area (Å²) in [6.07, 6.45) is -0.316. The first-order valence-electron chi connectivity index (χ1n) is 11.1. The van der Waals surface area contributed by atoms with Gasteiger partial charge in [-0.2, -0.15) is 5.10 Å². The molecule has 1 aromatic heterocycles. The van der Waals surface area contributed by atoms with Crippen LogP contribution in [0.3, 0.4) is 0 Å². The molecule has 1 unspecified atom stereocenters. The second-order valence-corrected chi connectivity index (χ2v) is 9.29. The number of halogens is 1. The van der Waals surface area contributed by atoms with Crippen LogP contribution in [0.5, 0.6) is 0 Å². The van der Waals surface area contributed by atoms with E-state index in [2.05, 4.69) is 15.5 Å². The van der Waals surface area contributed by atoms with E-state index in [0.717, 1.165) is 0 Å². The van der Waals surface area contributed by atoms with E-state index in [0.29, 0.717) is 28.6 Å². The lowest BCUT2D eigenvalue weighted by Gasteiger charge is -2.36. The Morgan fingerprint density at radius 2 is 1.91 bits per heavy atom. The van der Waals surface area contributed by atoms with Crippen molar-refractivity contribution in [3.05, 3.63) is 75.5 Å². The third kappa shape index (κ3) is 4.99. The fourth-order valence-electron chi connectivity index (χ4n) is 4.03. The van der Waals surface area contributed by atoms with Crippen LogP contribution in [-0.2, 0) is 11.2 Å². The SMILES string of the molecule is CC(C)(C)OC(=O)N1CCNCC1C(=O)c1cc(Cc2n[nH]c(=O)c3ccccc23)ccc1F. The van der Waals surface area contributed by atoms with Crippen LogP contribution in [-0.4, -0.2) is 58.3 Å². The van der Waals surface area contributed by atoms with Crippen molar-refractivity contribution < 1.29 is 18.7 Å². The summed E-state index contributed by atoms with van der Waals surface area (Å²) in [5.41, 5.74) is 0.152. The summed E-state index contributed by atoms with van der Waals surface area (Å²) < 4.78 is 20.2. The van der Waals surface area contributed by atoms with E-state index >= 15 is 0 Å². The number of Topliss-reactive ketones (excluding diaryl/α,β-unsaturated/α-hetero) is 1. The Hall–Kier alpha value is -3.59. The molecule has 1 aliphatic heterocycles. The van der Waals surface area contributed by atoms with Crippen LogP contribution in [0, 0.1) is 5.82 Å². The van der Waals surface area contributed by atoms with Gasteiger partial charge in [-0.15, -0.1) is 0 Å². The van der Waals surface area contributed by atoms with Gasteiger partial charge < -0.3 is 10.1 Å². The second-order valence-electron chi connectivity index (χ2n) is 9.29. The molecule has 0 aliphatic carbocycles. The number of amides is 1. The fraction of sp³-hybridized carbons (Fsp3) is 0.360. The van der Waals surface area contributed by atoms with Gasteiger partial charge in [-0.25, -0.2) is 14.3 Å². The minimum absolute atomic E-state index is 0.103. The number of rotatable bonds is 4. The minimum Gasteiger partial charge on any atom is -0.444 e. The second kappa shape index (κ2) is 9.34. The third-order valence-electron chi connectivity index (χ3n) is 5.62. The third-order valence-corrected chi connectivity index (χ3v) is 5.62. The molecule has 9 heteroatoms. The molecule has 0 radical (unpaired) electrons. The Morgan fingerprint density at radius 3 is 2.65 bits per heavy atom. The van der Waals surface area contributed by atoms with E-state index in [1.807, 2.05) is 6.07 Å². The number of aromatic nitrogens is 2. The molecule has 1 aliphatic rings. The average molecular weight is 467 g/mol. The molecule has 4 rings (SSSR count). The topological polar surface area (TPSA) is 104 Å². The van der Waals surface area contributed by atoms with Gasteiger partial charge in [0, 0.05) is 31.4 Å². The van der Waals surface area contributed by atoms with Crippen LogP contribution in [0.25, 0.3) is 10.8 Å². The van der Waals surface area contributed by atoms with Crippen molar-refractivity contribution in [1.29, 1.82) is 0 Å². The normalized spacial score (nSPS) is 16.5. The van der Waals surface area contributed by atoms with Crippen molar-refractivity contribution in [2.45, 2.75) is 38.8 Å². The molecule has 0 saturated carbocycles. The summed E-state index contributed by atoms with van der Waals surface area (Å²) >= 11 is 0. The van der Waals surface area contributed by atoms with Crippen LogP contribution in [0.1, 0.15) is 42.4 Å². The van der Waals surface area contributed by atoms with Crippen molar-refractivity contribution in [3.8, 4) is 0 Å². The van der Waals surface area contributed by atoms with Gasteiger partial charge in [0.1, 0.15) is 17.5 Å². The Kier molecular flexibility index (Phi) is 6.47. The molecule has 178 valence electrons. The number of carbonyl (C=O) groups is 2. The predicted octanol–water partition coefficient (Wildman–Crippen LogP) is 3.04. The Morgan fingerprint density at radius 1 is 1.18 bits per heavy atom. The number of ketones is 1. The summed E-state index contributed by atoms with van der Waals surface area (Å²) in [4.78, 5) is 39.5. The highest BCUT2D eigenvalue weighted by Crippen LogP contribution is 2.22. The number of carbonyl (C=O) groups excluding carboxylic acids is 2. The number of hydrogen-bond donors (Lipinski definition) is 2. The molecule has 0 spiro atoms. The minimum atomic E-state index is -0.889. The van der Waals surface area contributed by atoms with Crippen LogP contribution in [0.2, 0.25) is 0 Å². The van der Waals surface area contributed by atoms with Crippen LogP contribution < -0.4 is 10.9 Å². The number of benzene rings is 2. The van der Waals surface area contributed by atoms with E-state index in [9.17, 15) is 18.8 Å². The standard InChI is InChI=1S/C25H27FN4O4/c1-25(2,3)34-24(33)30-11-10-27-14-21(30)22(31)18-12-15(8-9-19(18)26)13-20-16-6-4-5-7-17(16)23(32)29-28-20/h4-9,12,21,27H,10-11,13-14H2,1-3H3,(H,29,32). The summed E-state index contributed by atoms with van der Waals surface area (Å²) in [7, 11) is 0. The van der Waals surface area contributed by atoms with E-state index in [1.165, 1.54) is 17.0 Å². The van der Waals surface area contributed by atoms with E-state index in [-0.39, 0.29) is 30.6 Å². The van der Waals surface area contributed by atoms with Gasteiger partial charge in [0.15, 0.2) is 5.78 Å². The molecule has 34 heavy (non-hydrogen) atoms. The van der Waals surface area contributed by atoms with Gasteiger partial charge in [-0.3, -0.25) is 14.5 Å². The maximum atomic E-state index is 14.8. The smallest absolute Gasteiger partial charge is 0.411 e. The molecule has 1 fully saturated rings. The van der Waals surface area contributed by atoms with Crippen LogP contribution in [0.15, 0.2) is 47.3 Å². The largest absolute Gasteiger partial charge is 0.444 e. The summed E-state index contributed by atoms with van der Waals surface area (Å²) in [6.45, 7) is 6.25. The molecule has 2 aromatic carbocycles. The number of nitrogens with zero attached hydrogens (tertiary/aromatic N) is 2. The zero-order chi connectivity index (χ0) is 24.5. The Labute approximate surface area is 196 Å². The van der Waals surface area contributed by atoms with Crippen molar-refractivity contribution in [2.75, 3.05) is 19.6 Å². The Bertz CT molecular complexity index is 1300. The maximum Gasteiger partial charge on any atom is 0.411 e. The van der Waals surface area contributed by atoms with Crippen LogP contribution in [0.4, 0.5) is 9.18 Å². The molecule has 2 heterocycles. The molecular formula is C25H27FN4O4. The molecule has 2 N–H and O–H groups in total. The van der Waals surface area contributed by atoms with Crippen LogP contribution >= 0.6 is 0 Å². The monoisotopic (exact) mass is 466 g/mol. The van der Waals surface area contributed by atoms with Crippen molar-refractivity contribution >= 4 is 22.6 Å². The number of fused-ring (bicyclic) bond motifs is 1. The van der Waals surface area contributed by atoms with Gasteiger partial charge in [-0.05, 0) is 44.5 Å². The quantitative estimate of drug-likeness (QED) is 0.573. The van der Waals surface area contributed by atoms with Crippen molar-refractivity contribution in [3.63, 3.8) is 0 Å². The zero-order valence-corrected chi connectivity index (χ0v) is 19.4. The number of aromatic amines is 1. The zero-order valence-electron chi connectivity index (χ0n) is 19.4. The number of piperazine rings is 1. The Balaban J connectivity index is 1.63.